The molecule has 23 nitrogen and oxygen atoms in total. The number of ether oxygens (including phenoxy) is 6. The van der Waals surface area contributed by atoms with Crippen LogP contribution in [0.4, 0.5) is 9.59 Å². The van der Waals surface area contributed by atoms with Gasteiger partial charge in [0.1, 0.15) is 0 Å². The van der Waals surface area contributed by atoms with Gasteiger partial charge in [0.25, 0.3) is 0 Å². The maximum atomic E-state index is 13.1. The molecule has 7 amide bonds. The fourth-order valence-corrected chi connectivity index (χ4v) is 5.41. The van der Waals surface area contributed by atoms with Crippen molar-refractivity contribution in [3.05, 3.63) is 0 Å². The lowest BCUT2D eigenvalue weighted by Crippen LogP contribution is -2.49. The number of carbonyl (C=O) groups excluding carboxylic acids is 11. The Morgan fingerprint density at radius 2 is 0.541 bits per heavy atom. The molecule has 61 heavy (non-hydrogen) atoms. The molecule has 0 saturated heterocycles. The Balaban J connectivity index is 4.98. The van der Waals surface area contributed by atoms with Crippen molar-refractivity contribution in [3.63, 3.8) is 0 Å². The fourth-order valence-electron chi connectivity index (χ4n) is 5.41. The van der Waals surface area contributed by atoms with E-state index in [2.05, 4.69) is 55.0 Å². The normalized spacial score (nSPS) is 10.5. The molecule has 0 spiro atoms. The number of imide groups is 1. The van der Waals surface area contributed by atoms with Crippen molar-refractivity contribution in [3.8, 4) is 0 Å². The molecule has 0 aliphatic rings. The van der Waals surface area contributed by atoms with Gasteiger partial charge in [0.2, 0.25) is 35.5 Å². The molecule has 0 aromatic rings. The van der Waals surface area contributed by atoms with E-state index < -0.39 is 83.4 Å². The van der Waals surface area contributed by atoms with Crippen LogP contribution in [0.5, 0.6) is 0 Å². The number of carbonyl (C=O) groups is 11. The van der Waals surface area contributed by atoms with E-state index >= 15 is 0 Å². The number of hydrogen-bond donors (Lipinski definition) is 5. The monoisotopic (exact) mass is 874 g/mol. The summed E-state index contributed by atoms with van der Waals surface area (Å²) in [6.07, 6.45) is 6.76. The lowest BCUT2D eigenvalue weighted by Gasteiger charge is -2.22. The van der Waals surface area contributed by atoms with Crippen molar-refractivity contribution < 1.29 is 81.2 Å². The molecule has 23 heteroatoms. The first-order valence-electron chi connectivity index (χ1n) is 19.8. The molecule has 0 fully saturated rings. The van der Waals surface area contributed by atoms with E-state index in [1.54, 1.807) is 0 Å². The topological polar surface area (TPSA) is 307 Å². The highest BCUT2D eigenvalue weighted by atomic mass is 16.6. The zero-order valence-corrected chi connectivity index (χ0v) is 35.8. The Labute approximate surface area is 354 Å². The van der Waals surface area contributed by atoms with Crippen molar-refractivity contribution in [2.45, 2.75) is 77.0 Å². The summed E-state index contributed by atoms with van der Waals surface area (Å²) in [7, 11) is 6.27. The van der Waals surface area contributed by atoms with Crippen LogP contribution in [0, 0.1) is 17.8 Å². The molecule has 0 saturated carbocycles. The van der Waals surface area contributed by atoms with Crippen LogP contribution in [0.2, 0.25) is 0 Å². The van der Waals surface area contributed by atoms with Gasteiger partial charge >= 0.3 is 47.9 Å². The molecule has 0 unspecified atom stereocenters. The molecule has 0 aliphatic heterocycles. The number of nitrogens with zero attached hydrogens (tertiary/aromatic N) is 1. The zero-order valence-electron chi connectivity index (χ0n) is 35.8. The van der Waals surface area contributed by atoms with Crippen LogP contribution < -0.4 is 26.6 Å². The quantitative estimate of drug-likeness (QED) is 0.0266. The molecular weight excluding hydrogens is 812 g/mol. The van der Waals surface area contributed by atoms with Gasteiger partial charge in [0, 0.05) is 39.3 Å². The maximum absolute atomic E-state index is 13.1. The Hall–Kier alpha value is -6.03. The average molecular weight is 875 g/mol. The Bertz CT molecular complexity index is 1350. The van der Waals surface area contributed by atoms with Crippen LogP contribution in [0.25, 0.3) is 0 Å². The van der Waals surface area contributed by atoms with Crippen LogP contribution in [-0.2, 0) is 71.6 Å². The number of nitrogens with one attached hydrogen (secondary N) is 5. The molecule has 0 atom stereocenters. The van der Waals surface area contributed by atoms with Crippen molar-refractivity contribution >= 4 is 65.6 Å². The second-order valence-corrected chi connectivity index (χ2v) is 13.2. The minimum Gasteiger partial charge on any atom is -0.468 e. The molecule has 0 aromatic carbocycles. The fraction of sp³-hybridized carbons (Fsp3) is 0.711. The number of methoxy groups -OCH3 is 6. The first-order valence-corrected chi connectivity index (χ1v) is 19.8. The molecule has 0 aliphatic carbocycles. The minimum atomic E-state index is -1.75. The third-order valence-corrected chi connectivity index (χ3v) is 8.86. The van der Waals surface area contributed by atoms with Gasteiger partial charge < -0.3 is 55.0 Å². The highest BCUT2D eigenvalue weighted by molar-refractivity contribution is 6.15. The number of esters is 6. The average Bonchev–Trinajstić information content (AvgIpc) is 3.25. The zero-order chi connectivity index (χ0) is 46.2. The van der Waals surface area contributed by atoms with Crippen molar-refractivity contribution in [2.24, 2.45) is 17.8 Å². The highest BCUT2D eigenvalue weighted by Gasteiger charge is 2.38. The summed E-state index contributed by atoms with van der Waals surface area (Å²) in [6.45, 7) is 1.08. The number of urea groups is 2. The molecule has 0 bridgehead atoms. The molecule has 0 heterocycles. The van der Waals surface area contributed by atoms with E-state index in [0.717, 1.165) is 47.6 Å². The van der Waals surface area contributed by atoms with Gasteiger partial charge in [0.05, 0.1) is 42.7 Å². The summed E-state index contributed by atoms with van der Waals surface area (Å²) in [6, 6.07) is -1.23. The second kappa shape index (κ2) is 32.8. The van der Waals surface area contributed by atoms with Gasteiger partial charge in [0.15, 0.2) is 0 Å². The third-order valence-electron chi connectivity index (χ3n) is 8.86. The van der Waals surface area contributed by atoms with Gasteiger partial charge in [-0.25, -0.2) is 14.5 Å². The van der Waals surface area contributed by atoms with Gasteiger partial charge in [-0.1, -0.05) is 38.5 Å². The highest BCUT2D eigenvalue weighted by Crippen LogP contribution is 2.08. The van der Waals surface area contributed by atoms with E-state index in [1.165, 1.54) is 0 Å². The van der Waals surface area contributed by atoms with E-state index in [-0.39, 0.29) is 39.3 Å². The number of rotatable bonds is 30. The van der Waals surface area contributed by atoms with Gasteiger partial charge in [-0.3, -0.25) is 43.2 Å². The van der Waals surface area contributed by atoms with Gasteiger partial charge in [-0.15, -0.1) is 0 Å². The number of unbranched alkanes of at least 4 members (excludes halogenated alkanes) is 9. The minimum absolute atomic E-state index is 0.0759. The van der Waals surface area contributed by atoms with E-state index in [1.807, 2.05) is 0 Å². The van der Waals surface area contributed by atoms with Gasteiger partial charge in [-0.05, 0) is 38.5 Å². The van der Waals surface area contributed by atoms with Gasteiger partial charge in [-0.2, -0.15) is 0 Å². The molecule has 0 rings (SSSR count). The number of hydrogen-bond acceptors (Lipinski definition) is 17. The van der Waals surface area contributed by atoms with E-state index in [4.69, 9.17) is 0 Å². The van der Waals surface area contributed by atoms with Crippen LogP contribution >= 0.6 is 0 Å². The van der Waals surface area contributed by atoms with E-state index in [0.29, 0.717) is 77.0 Å². The predicted octanol–water partition coefficient (Wildman–Crippen LogP) is -0.376. The summed E-state index contributed by atoms with van der Waals surface area (Å²) < 4.78 is 27.0. The predicted molar refractivity (Wildman–Crippen MR) is 211 cm³/mol. The summed E-state index contributed by atoms with van der Waals surface area (Å²) >= 11 is 0. The van der Waals surface area contributed by atoms with Crippen LogP contribution in [0.15, 0.2) is 0 Å². The lowest BCUT2D eigenvalue weighted by atomic mass is 10.1. The SMILES string of the molecule is COC(=O)C(C(=O)NCCCCCCNC(=O)N(CCCCCCNC(=O)C(C(=O)OC)C(=O)OC)C(=O)NCCCCCCNC(=O)C(C(=O)OC)C(=O)OC)C(=O)OC. The second-order valence-electron chi connectivity index (χ2n) is 13.2. The Morgan fingerprint density at radius 1 is 0.328 bits per heavy atom. The molecule has 346 valence electrons. The van der Waals surface area contributed by atoms with E-state index in [9.17, 15) is 52.7 Å². The molecular formula is C38H62N6O17. The molecule has 0 aromatic heterocycles. The van der Waals surface area contributed by atoms with Crippen molar-refractivity contribution in [1.29, 1.82) is 0 Å². The summed E-state index contributed by atoms with van der Waals surface area (Å²) in [5.41, 5.74) is 0. The third kappa shape index (κ3) is 21.7. The Kier molecular flexibility index (Phi) is 29.5. The first kappa shape index (κ1) is 55.0. The Morgan fingerprint density at radius 3 is 0.770 bits per heavy atom. The molecule has 0 radical (unpaired) electrons. The van der Waals surface area contributed by atoms with Crippen LogP contribution in [-0.4, -0.2) is 152 Å². The summed E-state index contributed by atoms with van der Waals surface area (Å²) in [5, 5.41) is 13.0. The van der Waals surface area contributed by atoms with Crippen LogP contribution in [0.1, 0.15) is 77.0 Å². The standard InChI is InChI=1S/C38H62N6O17/c1-56-31(48)25(32(49)57-2)28(45)39-19-13-7-9-16-22-42-37(54)44(24-18-12-11-15-21-41-30(47)27(35(52)60-5)36(53)61-6)38(55)43-23-17-10-8-14-20-40-29(46)26(33(50)58-3)34(51)59-4/h25-27H,7-24H2,1-6H3,(H,39,45)(H,40,46)(H,41,47)(H,42,54)(H,43,55). The number of amides is 7. The van der Waals surface area contributed by atoms with Crippen LogP contribution in [0.3, 0.4) is 0 Å². The van der Waals surface area contributed by atoms with Crippen molar-refractivity contribution in [1.82, 2.24) is 31.5 Å². The smallest absolute Gasteiger partial charge is 0.329 e. The molecule has 5 N–H and O–H groups in total. The summed E-state index contributed by atoms with van der Waals surface area (Å²) in [4.78, 5) is 135. The van der Waals surface area contributed by atoms with Crippen molar-refractivity contribution in [2.75, 3.05) is 81.9 Å². The maximum Gasteiger partial charge on any atom is 0.329 e. The first-order chi connectivity index (χ1) is 29.2. The lowest BCUT2D eigenvalue weighted by molar-refractivity contribution is -0.164. The largest absolute Gasteiger partial charge is 0.468 e. The summed E-state index contributed by atoms with van der Waals surface area (Å²) in [5.74, 6) is -14.0.